The molecule has 0 fully saturated rings. The van der Waals surface area contributed by atoms with Crippen LogP contribution in [-0.4, -0.2) is 29.9 Å². The van der Waals surface area contributed by atoms with Crippen molar-refractivity contribution in [3.8, 4) is 0 Å². The zero-order valence-electron chi connectivity index (χ0n) is 14.4. The topological polar surface area (TPSA) is 44.7 Å². The quantitative estimate of drug-likeness (QED) is 0.251. The molecule has 0 aliphatic carbocycles. The fourth-order valence-corrected chi connectivity index (χ4v) is 6.28. The van der Waals surface area contributed by atoms with Gasteiger partial charge >= 0.3 is 0 Å². The molecule has 1 aromatic carbocycles. The standard InChI is InChI=1S/C17H28N3OPS/c1-5-12-19-22(21,23-14-7-3)20(13-6-2)15-18-17-10-8-16(4)9-11-17/h6,8-11,15H,2,5,7,12-14H2,1,3-4H3,(H,19,21). The van der Waals surface area contributed by atoms with Crippen LogP contribution in [-0.2, 0) is 4.57 Å². The molecule has 0 amide bonds. The van der Waals surface area contributed by atoms with Gasteiger partial charge in [0.1, 0.15) is 0 Å². The summed E-state index contributed by atoms with van der Waals surface area (Å²) in [6.45, 7) is 8.46. The SMILES string of the molecule is C=CCN(C=Nc1ccc(C)cc1)P(=O)(NCCC)SCCC. The van der Waals surface area contributed by atoms with E-state index in [4.69, 9.17) is 0 Å². The normalized spacial score (nSPS) is 13.9. The minimum absolute atomic E-state index is 0.500. The zero-order valence-corrected chi connectivity index (χ0v) is 16.1. The van der Waals surface area contributed by atoms with Crippen molar-refractivity contribution in [1.29, 1.82) is 0 Å². The average Bonchev–Trinajstić information content (AvgIpc) is 2.56. The summed E-state index contributed by atoms with van der Waals surface area (Å²) in [6.07, 6.45) is 5.36. The number of nitrogens with one attached hydrogen (secondary N) is 1. The number of aryl methyl sites for hydroxylation is 1. The Bertz CT molecular complexity index is 533. The molecule has 0 saturated heterocycles. The zero-order chi connectivity index (χ0) is 17.1. The van der Waals surface area contributed by atoms with Crippen LogP contribution in [0.4, 0.5) is 5.69 Å². The predicted molar refractivity (Wildman–Crippen MR) is 105 cm³/mol. The number of benzene rings is 1. The van der Waals surface area contributed by atoms with Gasteiger partial charge in [0.05, 0.1) is 12.0 Å². The van der Waals surface area contributed by atoms with Crippen molar-refractivity contribution in [3.05, 3.63) is 42.5 Å². The maximum absolute atomic E-state index is 13.3. The van der Waals surface area contributed by atoms with Crippen molar-refractivity contribution in [3.63, 3.8) is 0 Å². The molecule has 6 heteroatoms. The lowest BCUT2D eigenvalue weighted by molar-refractivity contribution is 0.536. The number of rotatable bonds is 11. The van der Waals surface area contributed by atoms with E-state index in [2.05, 4.69) is 30.5 Å². The molecular weight excluding hydrogens is 325 g/mol. The molecule has 4 nitrogen and oxygen atoms in total. The molecule has 128 valence electrons. The lowest BCUT2D eigenvalue weighted by Gasteiger charge is -2.29. The first-order valence-electron chi connectivity index (χ1n) is 8.04. The highest BCUT2D eigenvalue weighted by Crippen LogP contribution is 2.57. The molecule has 0 saturated carbocycles. The second-order valence-corrected chi connectivity index (χ2v) is 10.0. The average molecular weight is 353 g/mol. The van der Waals surface area contributed by atoms with Crippen molar-refractivity contribution in [1.82, 2.24) is 9.76 Å². The van der Waals surface area contributed by atoms with Crippen LogP contribution in [0.1, 0.15) is 32.3 Å². The Labute approximate surface area is 144 Å². The first kappa shape index (κ1) is 20.0. The lowest BCUT2D eigenvalue weighted by atomic mass is 10.2. The summed E-state index contributed by atoms with van der Waals surface area (Å²) in [4.78, 5) is 4.48. The molecule has 1 atom stereocenters. The Balaban J connectivity index is 2.96. The van der Waals surface area contributed by atoms with Crippen LogP contribution in [0.5, 0.6) is 0 Å². The summed E-state index contributed by atoms with van der Waals surface area (Å²) in [5.74, 6) is 0.847. The molecule has 0 heterocycles. The summed E-state index contributed by atoms with van der Waals surface area (Å²) in [5, 5.41) is 3.22. The maximum atomic E-state index is 13.3. The van der Waals surface area contributed by atoms with Gasteiger partial charge in [0.2, 0.25) is 0 Å². The highest BCUT2D eigenvalue weighted by Gasteiger charge is 2.27. The first-order valence-corrected chi connectivity index (χ1v) is 11.3. The second-order valence-electron chi connectivity index (χ2n) is 5.25. The van der Waals surface area contributed by atoms with Crippen molar-refractivity contribution in [2.45, 2.75) is 33.6 Å². The molecule has 1 aromatic rings. The monoisotopic (exact) mass is 353 g/mol. The van der Waals surface area contributed by atoms with Gasteiger partial charge in [-0.15, -0.1) is 6.58 Å². The van der Waals surface area contributed by atoms with Gasteiger partial charge in [-0.2, -0.15) is 0 Å². The summed E-state index contributed by atoms with van der Waals surface area (Å²) < 4.78 is 15.1. The van der Waals surface area contributed by atoms with Crippen LogP contribution in [0.15, 0.2) is 41.9 Å². The molecule has 1 unspecified atom stereocenters. The molecule has 23 heavy (non-hydrogen) atoms. The van der Waals surface area contributed by atoms with Crippen molar-refractivity contribution >= 4 is 30.1 Å². The number of hydrogen-bond donors (Lipinski definition) is 1. The van der Waals surface area contributed by atoms with E-state index < -0.39 is 6.65 Å². The van der Waals surface area contributed by atoms with E-state index >= 15 is 0 Å². The number of hydrogen-bond acceptors (Lipinski definition) is 3. The van der Waals surface area contributed by atoms with Crippen molar-refractivity contribution in [2.75, 3.05) is 18.8 Å². The van der Waals surface area contributed by atoms with Gasteiger partial charge in [0.15, 0.2) is 0 Å². The van der Waals surface area contributed by atoms with Gasteiger partial charge in [0, 0.05) is 18.8 Å². The van der Waals surface area contributed by atoms with Crippen LogP contribution in [0.25, 0.3) is 0 Å². The number of aliphatic imine (C=N–C) groups is 1. The molecule has 1 rings (SSSR count). The van der Waals surface area contributed by atoms with Gasteiger partial charge < -0.3 is 0 Å². The highest BCUT2D eigenvalue weighted by molar-refractivity contribution is 8.56. The third-order valence-corrected chi connectivity index (χ3v) is 8.18. The molecule has 0 aliphatic rings. The molecule has 0 aliphatic heterocycles. The smallest absolute Gasteiger partial charge is 0.290 e. The molecule has 0 bridgehead atoms. The van der Waals surface area contributed by atoms with E-state index in [1.165, 1.54) is 16.9 Å². The Morgan fingerprint density at radius 3 is 2.57 bits per heavy atom. The minimum Gasteiger partial charge on any atom is -0.290 e. The Morgan fingerprint density at radius 2 is 2.00 bits per heavy atom. The van der Waals surface area contributed by atoms with E-state index in [0.29, 0.717) is 6.54 Å². The number of nitrogens with zero attached hydrogens (tertiary/aromatic N) is 2. The van der Waals surface area contributed by atoms with Crippen molar-refractivity contribution < 1.29 is 4.57 Å². The third-order valence-electron chi connectivity index (χ3n) is 3.06. The lowest BCUT2D eigenvalue weighted by Crippen LogP contribution is -2.26. The molecular formula is C17H28N3OPS. The van der Waals surface area contributed by atoms with Gasteiger partial charge in [-0.25, -0.2) is 10.1 Å². The van der Waals surface area contributed by atoms with Gasteiger partial charge in [0.25, 0.3) is 6.65 Å². The Kier molecular flexibility index (Phi) is 9.30. The Hall–Kier alpha value is -1.03. The maximum Gasteiger partial charge on any atom is 0.293 e. The molecule has 0 radical (unpaired) electrons. The van der Waals surface area contributed by atoms with E-state index in [0.717, 1.165) is 30.8 Å². The Morgan fingerprint density at radius 1 is 1.30 bits per heavy atom. The van der Waals surface area contributed by atoms with Crippen LogP contribution < -0.4 is 5.09 Å². The fourth-order valence-electron chi connectivity index (χ4n) is 1.80. The van der Waals surface area contributed by atoms with E-state index in [9.17, 15) is 4.57 Å². The van der Waals surface area contributed by atoms with Crippen LogP contribution in [0.3, 0.4) is 0 Å². The highest BCUT2D eigenvalue weighted by atomic mass is 32.7. The molecule has 1 N–H and O–H groups in total. The molecule has 0 spiro atoms. The first-order chi connectivity index (χ1) is 11.1. The summed E-state index contributed by atoms with van der Waals surface area (Å²) in [7, 11) is 0. The van der Waals surface area contributed by atoms with Gasteiger partial charge in [-0.3, -0.25) is 9.24 Å². The van der Waals surface area contributed by atoms with Gasteiger partial charge in [-0.1, -0.05) is 49.0 Å². The molecule has 0 aromatic heterocycles. The van der Waals surface area contributed by atoms with Crippen LogP contribution in [0, 0.1) is 6.92 Å². The van der Waals surface area contributed by atoms with E-state index in [-0.39, 0.29) is 0 Å². The van der Waals surface area contributed by atoms with Crippen LogP contribution in [0.2, 0.25) is 0 Å². The third kappa shape index (κ3) is 6.94. The summed E-state index contributed by atoms with van der Waals surface area (Å²) in [6, 6.07) is 7.96. The van der Waals surface area contributed by atoms with E-state index in [1.54, 1.807) is 17.1 Å². The fraction of sp³-hybridized carbons (Fsp3) is 0.471. The van der Waals surface area contributed by atoms with E-state index in [1.807, 2.05) is 31.2 Å². The summed E-state index contributed by atoms with van der Waals surface area (Å²) in [5.41, 5.74) is 2.05. The predicted octanol–water partition coefficient (Wildman–Crippen LogP) is 5.39. The minimum atomic E-state index is -2.75. The summed E-state index contributed by atoms with van der Waals surface area (Å²) >= 11 is 1.48. The van der Waals surface area contributed by atoms with Crippen LogP contribution >= 0.6 is 18.0 Å². The van der Waals surface area contributed by atoms with Gasteiger partial charge in [-0.05, 0) is 31.9 Å². The van der Waals surface area contributed by atoms with Crippen molar-refractivity contribution in [2.24, 2.45) is 4.99 Å². The second kappa shape index (κ2) is 10.7. The largest absolute Gasteiger partial charge is 0.293 e.